The average Bonchev–Trinajstić information content (AvgIpc) is 3.29. The Labute approximate surface area is 332 Å². The van der Waals surface area contributed by atoms with E-state index < -0.39 is 0 Å². The van der Waals surface area contributed by atoms with Crippen molar-refractivity contribution in [2.75, 3.05) is 4.90 Å². The molecule has 1 heteroatoms. The average molecular weight is 724 g/mol. The summed E-state index contributed by atoms with van der Waals surface area (Å²) in [4.78, 5) is 2.38. The highest BCUT2D eigenvalue weighted by Gasteiger charge is 2.16. The summed E-state index contributed by atoms with van der Waals surface area (Å²) in [6.07, 6.45) is 0. The molecular weight excluding hydrogens is 687 g/mol. The fraction of sp³-hybridized carbons (Fsp3) is 0. The summed E-state index contributed by atoms with van der Waals surface area (Å²) in [5.74, 6) is 0. The van der Waals surface area contributed by atoms with E-state index in [0.717, 1.165) is 17.1 Å². The van der Waals surface area contributed by atoms with Crippen molar-refractivity contribution in [1.82, 2.24) is 0 Å². The molecule has 0 fully saturated rings. The minimum absolute atomic E-state index is 1.11. The Morgan fingerprint density at radius 1 is 0.211 bits per heavy atom. The Hall–Kier alpha value is -7.48. The second-order valence-corrected chi connectivity index (χ2v) is 15.0. The van der Waals surface area contributed by atoms with Crippen molar-refractivity contribution in [3.8, 4) is 33.4 Å². The van der Waals surface area contributed by atoms with Crippen LogP contribution in [0.2, 0.25) is 0 Å². The lowest BCUT2D eigenvalue weighted by Crippen LogP contribution is -2.09. The smallest absolute Gasteiger partial charge is 0.0468 e. The van der Waals surface area contributed by atoms with Crippen LogP contribution in [0.3, 0.4) is 0 Å². The summed E-state index contributed by atoms with van der Waals surface area (Å²) < 4.78 is 0. The first-order valence-corrected chi connectivity index (χ1v) is 19.7. The molecule has 0 heterocycles. The summed E-state index contributed by atoms with van der Waals surface area (Å²) in [5.41, 5.74) is 10.6. The fourth-order valence-electron chi connectivity index (χ4n) is 8.71. The monoisotopic (exact) mass is 723 g/mol. The normalized spacial score (nSPS) is 11.5. The molecule has 0 aliphatic rings. The van der Waals surface area contributed by atoms with Gasteiger partial charge >= 0.3 is 0 Å². The quantitative estimate of drug-likeness (QED) is 0.154. The molecule has 0 aliphatic heterocycles. The van der Waals surface area contributed by atoms with E-state index in [2.05, 4.69) is 229 Å². The second-order valence-electron chi connectivity index (χ2n) is 15.0. The molecule has 0 radical (unpaired) electrons. The summed E-state index contributed by atoms with van der Waals surface area (Å²) in [7, 11) is 0. The van der Waals surface area contributed by atoms with Crippen molar-refractivity contribution in [2.24, 2.45) is 0 Å². The van der Waals surface area contributed by atoms with Gasteiger partial charge in [-0.2, -0.15) is 0 Å². The van der Waals surface area contributed by atoms with Gasteiger partial charge in [-0.25, -0.2) is 0 Å². The molecule has 11 aromatic carbocycles. The Balaban J connectivity index is 0.993. The highest BCUT2D eigenvalue weighted by atomic mass is 15.1. The van der Waals surface area contributed by atoms with Gasteiger partial charge in [0, 0.05) is 17.1 Å². The van der Waals surface area contributed by atoms with Gasteiger partial charge in [0.2, 0.25) is 0 Å². The maximum atomic E-state index is 2.38. The Kier molecular flexibility index (Phi) is 7.89. The van der Waals surface area contributed by atoms with Gasteiger partial charge in [-0.05, 0) is 136 Å². The first-order chi connectivity index (χ1) is 28.2. The molecule has 0 N–H and O–H groups in total. The topological polar surface area (TPSA) is 3.24 Å². The molecule has 0 aromatic heterocycles. The molecule has 1 nitrogen and oxygen atoms in total. The van der Waals surface area contributed by atoms with Crippen LogP contribution in [0.15, 0.2) is 224 Å². The zero-order valence-corrected chi connectivity index (χ0v) is 31.3. The first kappa shape index (κ1) is 32.9. The molecule has 57 heavy (non-hydrogen) atoms. The molecule has 0 saturated heterocycles. The van der Waals surface area contributed by atoms with E-state index in [9.17, 15) is 0 Å². The van der Waals surface area contributed by atoms with Crippen molar-refractivity contribution in [3.05, 3.63) is 224 Å². The minimum Gasteiger partial charge on any atom is -0.310 e. The van der Waals surface area contributed by atoms with Crippen LogP contribution >= 0.6 is 0 Å². The van der Waals surface area contributed by atoms with Gasteiger partial charge in [-0.3, -0.25) is 0 Å². The van der Waals surface area contributed by atoms with Crippen LogP contribution in [0.1, 0.15) is 0 Å². The van der Waals surface area contributed by atoms with Crippen LogP contribution in [0.5, 0.6) is 0 Å². The van der Waals surface area contributed by atoms with Gasteiger partial charge in [-0.1, -0.05) is 176 Å². The minimum atomic E-state index is 1.11. The van der Waals surface area contributed by atoms with Gasteiger partial charge in [-0.15, -0.1) is 0 Å². The number of benzene rings is 11. The van der Waals surface area contributed by atoms with Crippen molar-refractivity contribution in [1.29, 1.82) is 0 Å². The lowest BCUT2D eigenvalue weighted by Gasteiger charge is -2.26. The zero-order valence-electron chi connectivity index (χ0n) is 31.3. The van der Waals surface area contributed by atoms with Crippen LogP contribution in [-0.4, -0.2) is 0 Å². The largest absolute Gasteiger partial charge is 0.310 e. The van der Waals surface area contributed by atoms with Gasteiger partial charge in [0.15, 0.2) is 0 Å². The summed E-state index contributed by atoms with van der Waals surface area (Å²) in [6.45, 7) is 0. The van der Waals surface area contributed by atoms with Crippen LogP contribution < -0.4 is 4.90 Å². The van der Waals surface area contributed by atoms with E-state index in [1.807, 2.05) is 0 Å². The molecule has 11 aromatic rings. The van der Waals surface area contributed by atoms with Crippen molar-refractivity contribution in [2.45, 2.75) is 0 Å². The molecule has 0 aliphatic carbocycles. The number of hydrogen-bond acceptors (Lipinski definition) is 1. The highest BCUT2D eigenvalue weighted by molar-refractivity contribution is 6.12. The maximum Gasteiger partial charge on any atom is 0.0468 e. The van der Waals surface area contributed by atoms with E-state index in [4.69, 9.17) is 0 Å². The molecule has 0 unspecified atom stereocenters. The van der Waals surface area contributed by atoms with E-state index in [0.29, 0.717) is 0 Å². The predicted molar refractivity (Wildman–Crippen MR) is 245 cm³/mol. The molecule has 0 atom stereocenters. The number of hydrogen-bond donors (Lipinski definition) is 0. The van der Waals surface area contributed by atoms with Crippen LogP contribution in [-0.2, 0) is 0 Å². The Morgan fingerprint density at radius 3 is 1.42 bits per heavy atom. The maximum absolute atomic E-state index is 2.38. The molecular formula is C56H37N. The predicted octanol–water partition coefficient (Wildman–Crippen LogP) is 15.9. The molecule has 0 amide bonds. The second kappa shape index (κ2) is 13.7. The number of fused-ring (bicyclic) bond motifs is 7. The number of nitrogens with zero attached hydrogens (tertiary/aromatic N) is 1. The fourth-order valence-corrected chi connectivity index (χ4v) is 8.71. The standard InChI is InChI=1S/C56H37N/c1-2-9-38(10-3-1)43-18-19-46-37-50(32-25-45(46)35-43)57(48-28-21-39(22-29-48)44-27-33-54-47(36-44)20-17-40-11-4-6-13-51(40)54)49-30-23-42(24-31-49)53-15-8-16-55-52-14-7-5-12-41(52)26-34-56(53)55/h1-37H. The van der Waals surface area contributed by atoms with Gasteiger partial charge in [0.25, 0.3) is 0 Å². The first-order valence-electron chi connectivity index (χ1n) is 19.7. The molecule has 0 saturated carbocycles. The zero-order chi connectivity index (χ0) is 37.7. The van der Waals surface area contributed by atoms with Crippen molar-refractivity contribution in [3.63, 3.8) is 0 Å². The van der Waals surface area contributed by atoms with Crippen LogP contribution in [0.25, 0.3) is 87.2 Å². The SMILES string of the molecule is c1ccc(-c2ccc3cc(N(c4ccc(-c5ccc6c(ccc7ccccc76)c5)cc4)c4ccc(-c5cccc6c5ccc5ccccc56)cc4)ccc3c2)cc1. The molecule has 0 bridgehead atoms. The third-order valence-electron chi connectivity index (χ3n) is 11.6. The van der Waals surface area contributed by atoms with Crippen molar-refractivity contribution >= 4 is 70.9 Å². The lowest BCUT2D eigenvalue weighted by molar-refractivity contribution is 1.29. The Bertz CT molecular complexity index is 3270. The summed E-state index contributed by atoms with van der Waals surface area (Å²) in [5, 5.41) is 12.6. The third-order valence-corrected chi connectivity index (χ3v) is 11.6. The third kappa shape index (κ3) is 5.89. The highest BCUT2D eigenvalue weighted by Crippen LogP contribution is 2.40. The molecule has 266 valence electrons. The number of rotatable bonds is 6. The van der Waals surface area contributed by atoms with Crippen LogP contribution in [0.4, 0.5) is 17.1 Å². The van der Waals surface area contributed by atoms with E-state index in [1.165, 1.54) is 87.2 Å². The van der Waals surface area contributed by atoms with Gasteiger partial charge < -0.3 is 4.90 Å². The van der Waals surface area contributed by atoms with Gasteiger partial charge in [0.1, 0.15) is 0 Å². The summed E-state index contributed by atoms with van der Waals surface area (Å²) >= 11 is 0. The van der Waals surface area contributed by atoms with E-state index in [1.54, 1.807) is 0 Å². The van der Waals surface area contributed by atoms with Crippen molar-refractivity contribution < 1.29 is 0 Å². The molecule has 0 spiro atoms. The van der Waals surface area contributed by atoms with Gasteiger partial charge in [0.05, 0.1) is 0 Å². The van der Waals surface area contributed by atoms with E-state index >= 15 is 0 Å². The number of anilines is 3. The van der Waals surface area contributed by atoms with Crippen LogP contribution in [0, 0.1) is 0 Å². The lowest BCUT2D eigenvalue weighted by atomic mass is 9.94. The Morgan fingerprint density at radius 2 is 0.667 bits per heavy atom. The van der Waals surface area contributed by atoms with E-state index in [-0.39, 0.29) is 0 Å². The summed E-state index contributed by atoms with van der Waals surface area (Å²) in [6, 6.07) is 82.0. The molecule has 11 rings (SSSR count).